The fourth-order valence-electron chi connectivity index (χ4n) is 4.38. The first-order chi connectivity index (χ1) is 17.8. The summed E-state index contributed by atoms with van der Waals surface area (Å²) in [6.07, 6.45) is 0.764. The quantitative estimate of drug-likeness (QED) is 0.151. The first-order valence-corrected chi connectivity index (χ1v) is 12.2. The van der Waals surface area contributed by atoms with E-state index in [4.69, 9.17) is 33.5 Å². The number of allylic oxidation sites excluding steroid dienone is 2. The van der Waals surface area contributed by atoms with Gasteiger partial charge in [-0.05, 0) is 17.6 Å². The van der Waals surface area contributed by atoms with Gasteiger partial charge in [0.05, 0.1) is 22.5 Å². The molecule has 0 atom stereocenters. The van der Waals surface area contributed by atoms with Gasteiger partial charge in [0.1, 0.15) is 12.1 Å². The second kappa shape index (κ2) is 12.2. The Morgan fingerprint density at radius 3 is 1.11 bits per heavy atom. The minimum absolute atomic E-state index is 0.152. The zero-order valence-electron chi connectivity index (χ0n) is 21.9. The van der Waals surface area contributed by atoms with Crippen LogP contribution in [-0.4, -0.2) is 0 Å². The molecule has 188 valence electrons. The molecule has 4 aromatic carbocycles. The van der Waals surface area contributed by atoms with E-state index in [9.17, 15) is 0 Å². The summed E-state index contributed by atoms with van der Waals surface area (Å²) in [6.45, 7) is 16.1. The summed E-state index contributed by atoms with van der Waals surface area (Å²) in [6, 6.07) is 19.0. The summed E-state index contributed by atoms with van der Waals surface area (Å²) < 4.78 is 0. The van der Waals surface area contributed by atoms with Crippen LogP contribution in [0.4, 0.5) is 22.7 Å². The van der Waals surface area contributed by atoms with Crippen LogP contribution < -0.4 is 22.9 Å². The number of rotatable bonds is 0. The summed E-state index contributed by atoms with van der Waals surface area (Å²) in [4.78, 5) is 0. The van der Waals surface area contributed by atoms with Gasteiger partial charge in [-0.25, -0.2) is 0 Å². The molecule has 0 aromatic heterocycles. The van der Waals surface area contributed by atoms with Gasteiger partial charge in [-0.15, -0.1) is 0 Å². The predicted octanol–water partition coefficient (Wildman–Crippen LogP) is 7.23. The highest BCUT2D eigenvalue weighted by Crippen LogP contribution is 2.48. The minimum Gasteiger partial charge on any atom is -0.398 e. The first kappa shape index (κ1) is 28.3. The molecule has 1 aliphatic rings. The number of hydrogen-bond donors (Lipinski definition) is 4. The van der Waals surface area contributed by atoms with E-state index in [1.54, 1.807) is 12.1 Å². The van der Waals surface area contributed by atoms with Gasteiger partial charge in [0.25, 0.3) is 0 Å². The molecule has 8 N–H and O–H groups in total. The van der Waals surface area contributed by atoms with Gasteiger partial charge in [0, 0.05) is 44.0 Å². The Morgan fingerprint density at radius 2 is 0.838 bits per heavy atom. The second-order valence-electron chi connectivity index (χ2n) is 7.85. The van der Waals surface area contributed by atoms with Gasteiger partial charge >= 0.3 is 0 Å². The van der Waals surface area contributed by atoms with Crippen molar-refractivity contribution < 1.29 is 0 Å². The highest BCUT2D eigenvalue weighted by molar-refractivity contribution is 6.13. The molecule has 6 heteroatoms. The number of nitriles is 2. The Balaban J connectivity index is 0.000000230. The molecule has 5 rings (SSSR count). The standard InChI is InChI=1S/C15H14N2.C12H8N4.2C2H6/c1-8-7-9(2)13-12(8)14(16)10-5-3-4-6-11(10)15(13)17;13-5-9-10(6-14)12(16)8-4-2-1-3-7(8)11(9)15;2*1-2/h3-6H,1-2,7,16-17H2;1-4H,15-16H2;2*1-2H3. The molecule has 0 saturated carbocycles. The molecule has 0 fully saturated rings. The molecule has 4 aromatic rings. The smallest absolute Gasteiger partial charge is 0.103 e. The summed E-state index contributed by atoms with van der Waals surface area (Å²) >= 11 is 0. The second-order valence-corrected chi connectivity index (χ2v) is 7.85. The molecular weight excluding hydrogens is 456 g/mol. The zero-order valence-corrected chi connectivity index (χ0v) is 21.9. The maximum absolute atomic E-state index is 8.98. The van der Waals surface area contributed by atoms with Crippen LogP contribution in [0.15, 0.2) is 61.7 Å². The number of nitrogen functional groups attached to an aromatic ring is 4. The third kappa shape index (κ3) is 4.91. The molecule has 0 unspecified atom stereocenters. The van der Waals surface area contributed by atoms with Crippen LogP contribution in [0.5, 0.6) is 0 Å². The summed E-state index contributed by atoms with van der Waals surface area (Å²) in [5.41, 5.74) is 30.6. The Hall–Kier alpha value is -4.94. The van der Waals surface area contributed by atoms with E-state index in [1.165, 1.54) is 0 Å². The van der Waals surface area contributed by atoms with Crippen molar-refractivity contribution in [3.8, 4) is 12.1 Å². The van der Waals surface area contributed by atoms with Gasteiger partial charge < -0.3 is 22.9 Å². The van der Waals surface area contributed by atoms with Gasteiger partial charge in [-0.2, -0.15) is 10.5 Å². The molecular formula is C31H34N6. The predicted molar refractivity (Wildman–Crippen MR) is 160 cm³/mol. The molecule has 6 nitrogen and oxygen atoms in total. The van der Waals surface area contributed by atoms with Crippen LogP contribution >= 0.6 is 0 Å². The monoisotopic (exact) mass is 490 g/mol. The molecule has 1 aliphatic carbocycles. The van der Waals surface area contributed by atoms with Crippen molar-refractivity contribution in [1.82, 2.24) is 0 Å². The Kier molecular flexibility index (Phi) is 9.29. The summed E-state index contributed by atoms with van der Waals surface area (Å²) in [7, 11) is 0. The van der Waals surface area contributed by atoms with E-state index in [-0.39, 0.29) is 11.1 Å². The van der Waals surface area contributed by atoms with Crippen LogP contribution in [0.3, 0.4) is 0 Å². The first-order valence-electron chi connectivity index (χ1n) is 12.2. The lowest BCUT2D eigenvalue weighted by atomic mass is 9.96. The Bertz CT molecular complexity index is 1470. The lowest BCUT2D eigenvalue weighted by molar-refractivity contribution is 1.44. The van der Waals surface area contributed by atoms with Crippen molar-refractivity contribution in [3.63, 3.8) is 0 Å². The molecule has 0 heterocycles. The van der Waals surface area contributed by atoms with Crippen molar-refractivity contribution in [2.45, 2.75) is 34.1 Å². The third-order valence-corrected chi connectivity index (χ3v) is 5.95. The average molecular weight is 491 g/mol. The van der Waals surface area contributed by atoms with Crippen molar-refractivity contribution in [2.75, 3.05) is 22.9 Å². The van der Waals surface area contributed by atoms with E-state index >= 15 is 0 Å². The van der Waals surface area contributed by atoms with Gasteiger partial charge in [0.2, 0.25) is 0 Å². The van der Waals surface area contributed by atoms with Crippen LogP contribution in [0, 0.1) is 22.7 Å². The van der Waals surface area contributed by atoms with Gasteiger partial charge in [0.15, 0.2) is 0 Å². The number of hydrogen-bond acceptors (Lipinski definition) is 6. The summed E-state index contributed by atoms with van der Waals surface area (Å²) in [5.74, 6) is 0. The van der Waals surface area contributed by atoms with Crippen molar-refractivity contribution in [1.29, 1.82) is 10.5 Å². The molecule has 37 heavy (non-hydrogen) atoms. The van der Waals surface area contributed by atoms with Crippen molar-refractivity contribution in [3.05, 3.63) is 83.9 Å². The lowest BCUT2D eigenvalue weighted by Gasteiger charge is -2.13. The highest BCUT2D eigenvalue weighted by Gasteiger charge is 2.25. The Morgan fingerprint density at radius 1 is 0.568 bits per heavy atom. The largest absolute Gasteiger partial charge is 0.398 e. The molecule has 0 radical (unpaired) electrons. The van der Waals surface area contributed by atoms with Crippen LogP contribution in [0.1, 0.15) is 56.4 Å². The van der Waals surface area contributed by atoms with E-state index in [1.807, 2.05) is 76.2 Å². The fourth-order valence-corrected chi connectivity index (χ4v) is 4.38. The van der Waals surface area contributed by atoms with Gasteiger partial charge in [-0.3, -0.25) is 0 Å². The molecule has 0 saturated heterocycles. The fraction of sp³-hybridized carbons (Fsp3) is 0.161. The number of benzene rings is 4. The highest BCUT2D eigenvalue weighted by atomic mass is 14.6. The normalized spacial score (nSPS) is 11.1. The molecule has 0 bridgehead atoms. The average Bonchev–Trinajstić information content (AvgIpc) is 3.25. The Labute approximate surface area is 219 Å². The van der Waals surface area contributed by atoms with Crippen LogP contribution in [-0.2, 0) is 0 Å². The molecule has 0 spiro atoms. The zero-order chi connectivity index (χ0) is 27.9. The summed E-state index contributed by atoms with van der Waals surface area (Å²) in [5, 5.41) is 21.4. The van der Waals surface area contributed by atoms with Crippen LogP contribution in [0.2, 0.25) is 0 Å². The number of nitrogens with zero attached hydrogens (tertiary/aromatic N) is 2. The van der Waals surface area contributed by atoms with E-state index in [0.29, 0.717) is 22.1 Å². The van der Waals surface area contributed by atoms with Crippen LogP contribution in [0.25, 0.3) is 32.7 Å². The number of fused-ring (bicyclic) bond motifs is 3. The van der Waals surface area contributed by atoms with E-state index in [0.717, 1.165) is 50.8 Å². The molecule has 0 aliphatic heterocycles. The number of anilines is 4. The maximum Gasteiger partial charge on any atom is 0.103 e. The third-order valence-electron chi connectivity index (χ3n) is 5.95. The van der Waals surface area contributed by atoms with Crippen molar-refractivity contribution in [2.24, 2.45) is 0 Å². The SMILES string of the molecule is C=C1CC(=C)c2c1c(N)c1ccccc1c2N.CC.CC.N#Cc1c(C#N)c(N)c2ccccc2c1N. The van der Waals surface area contributed by atoms with E-state index < -0.39 is 0 Å². The van der Waals surface area contributed by atoms with Crippen molar-refractivity contribution >= 4 is 55.4 Å². The minimum atomic E-state index is 0.152. The number of nitrogens with two attached hydrogens (primary N) is 4. The lowest BCUT2D eigenvalue weighted by Crippen LogP contribution is -2.01. The molecule has 0 amide bonds. The topological polar surface area (TPSA) is 152 Å². The maximum atomic E-state index is 8.98. The van der Waals surface area contributed by atoms with E-state index in [2.05, 4.69) is 13.2 Å². The van der Waals surface area contributed by atoms with Gasteiger partial charge in [-0.1, -0.05) is 89.4 Å².